The Morgan fingerprint density at radius 1 is 1.44 bits per heavy atom. The Kier molecular flexibility index (Phi) is 2.63. The fourth-order valence-corrected chi connectivity index (χ4v) is 2.55. The van der Waals surface area contributed by atoms with Crippen molar-refractivity contribution < 1.29 is 4.74 Å². The molecule has 2 heterocycles. The van der Waals surface area contributed by atoms with Crippen LogP contribution in [0.1, 0.15) is 24.9 Å². The van der Waals surface area contributed by atoms with E-state index in [2.05, 4.69) is 21.7 Å². The van der Waals surface area contributed by atoms with E-state index in [-0.39, 0.29) is 6.04 Å². The lowest BCUT2D eigenvalue weighted by atomic mass is 10.0. The predicted molar refractivity (Wildman–Crippen MR) is 69.8 cm³/mol. The Morgan fingerprint density at radius 3 is 3.11 bits per heavy atom. The third kappa shape index (κ3) is 1.61. The minimum atomic E-state index is 0.137. The summed E-state index contributed by atoms with van der Waals surface area (Å²) in [6, 6.07) is 8.43. The van der Waals surface area contributed by atoms with Crippen molar-refractivity contribution >= 4 is 5.90 Å². The zero-order valence-corrected chi connectivity index (χ0v) is 10.3. The average Bonchev–Trinajstić information content (AvgIpc) is 2.93. The van der Waals surface area contributed by atoms with Gasteiger partial charge in [0, 0.05) is 12.0 Å². The van der Waals surface area contributed by atoms with Gasteiger partial charge in [-0.3, -0.25) is 5.41 Å². The quantitative estimate of drug-likeness (QED) is 0.663. The third-order valence-electron chi connectivity index (χ3n) is 3.29. The summed E-state index contributed by atoms with van der Waals surface area (Å²) < 4.78 is 7.38. The Morgan fingerprint density at radius 2 is 2.28 bits per heavy atom. The van der Waals surface area contributed by atoms with Gasteiger partial charge in [-0.05, 0) is 12.5 Å². The molecule has 1 unspecified atom stereocenters. The third-order valence-corrected chi connectivity index (χ3v) is 3.29. The first-order valence-electron chi connectivity index (χ1n) is 6.12. The Bertz CT molecular complexity index is 588. The van der Waals surface area contributed by atoms with Crippen molar-refractivity contribution in [2.24, 2.45) is 0 Å². The van der Waals surface area contributed by atoms with E-state index in [1.807, 2.05) is 31.6 Å². The molecule has 0 fully saturated rings. The smallest absolute Gasteiger partial charge is 0.182 e. The lowest BCUT2D eigenvalue weighted by Crippen LogP contribution is -2.13. The van der Waals surface area contributed by atoms with Crippen LogP contribution in [0.2, 0.25) is 0 Å². The van der Waals surface area contributed by atoms with Crippen molar-refractivity contribution in [3.8, 4) is 11.3 Å². The first kappa shape index (κ1) is 11.0. The van der Waals surface area contributed by atoms with E-state index in [1.165, 1.54) is 11.1 Å². The molecule has 0 saturated carbocycles. The highest BCUT2D eigenvalue weighted by Crippen LogP contribution is 2.40. The summed E-state index contributed by atoms with van der Waals surface area (Å²) in [4.78, 5) is 4.20. The summed E-state index contributed by atoms with van der Waals surface area (Å²) in [5, 5.41) is 7.83. The van der Waals surface area contributed by atoms with E-state index in [0.29, 0.717) is 18.9 Å². The molecule has 1 aromatic heterocycles. The minimum Gasteiger partial charge on any atom is -0.481 e. The number of nitrogens with one attached hydrogen (secondary N) is 1. The molecule has 1 aliphatic rings. The van der Waals surface area contributed by atoms with E-state index in [9.17, 15) is 0 Å². The summed E-state index contributed by atoms with van der Waals surface area (Å²) in [5.41, 5.74) is 3.59. The molecular formula is C14H15N3O. The van der Waals surface area contributed by atoms with E-state index in [0.717, 1.165) is 5.69 Å². The van der Waals surface area contributed by atoms with Gasteiger partial charge in [0.15, 0.2) is 5.90 Å². The molecular weight excluding hydrogens is 226 g/mol. The summed E-state index contributed by atoms with van der Waals surface area (Å²) in [6.07, 6.45) is 4.29. The number of benzene rings is 1. The average molecular weight is 241 g/mol. The zero-order valence-electron chi connectivity index (χ0n) is 10.3. The molecule has 1 atom stereocenters. The molecule has 92 valence electrons. The standard InChI is InChI=1S/C14H15N3O/c1-2-18-14(15)7-12-10-5-3-4-6-11(10)13-8-16-9-17(12)13/h3-6,8-9,12,15H,2,7H2,1H3. The van der Waals surface area contributed by atoms with Gasteiger partial charge < -0.3 is 9.30 Å². The minimum absolute atomic E-state index is 0.137. The number of rotatable bonds is 3. The summed E-state index contributed by atoms with van der Waals surface area (Å²) >= 11 is 0. The van der Waals surface area contributed by atoms with Crippen molar-refractivity contribution in [2.75, 3.05) is 6.61 Å². The maximum absolute atomic E-state index is 7.83. The van der Waals surface area contributed by atoms with E-state index in [4.69, 9.17) is 10.1 Å². The lowest BCUT2D eigenvalue weighted by Gasteiger charge is -2.15. The highest BCUT2D eigenvalue weighted by atomic mass is 16.5. The van der Waals surface area contributed by atoms with Gasteiger partial charge in [0.25, 0.3) is 0 Å². The van der Waals surface area contributed by atoms with E-state index in [1.54, 1.807) is 0 Å². The highest BCUT2D eigenvalue weighted by Gasteiger charge is 2.28. The molecule has 0 bridgehead atoms. The normalized spacial score (nSPS) is 16.2. The van der Waals surface area contributed by atoms with Crippen LogP contribution in [0.15, 0.2) is 36.8 Å². The van der Waals surface area contributed by atoms with Crippen LogP contribution < -0.4 is 0 Å². The first-order chi connectivity index (χ1) is 8.81. The van der Waals surface area contributed by atoms with Gasteiger partial charge in [-0.1, -0.05) is 24.3 Å². The van der Waals surface area contributed by atoms with Gasteiger partial charge in [0.1, 0.15) is 0 Å². The van der Waals surface area contributed by atoms with E-state index < -0.39 is 0 Å². The van der Waals surface area contributed by atoms with E-state index >= 15 is 0 Å². The molecule has 0 amide bonds. The molecule has 0 saturated heterocycles. The lowest BCUT2D eigenvalue weighted by molar-refractivity contribution is 0.308. The van der Waals surface area contributed by atoms with Gasteiger partial charge >= 0.3 is 0 Å². The number of hydrogen-bond donors (Lipinski definition) is 1. The van der Waals surface area contributed by atoms with Crippen molar-refractivity contribution in [2.45, 2.75) is 19.4 Å². The molecule has 0 spiro atoms. The van der Waals surface area contributed by atoms with Crippen LogP contribution >= 0.6 is 0 Å². The van der Waals surface area contributed by atoms with Gasteiger partial charge in [-0.25, -0.2) is 4.98 Å². The van der Waals surface area contributed by atoms with Gasteiger partial charge in [-0.2, -0.15) is 0 Å². The van der Waals surface area contributed by atoms with Gasteiger partial charge in [0.2, 0.25) is 0 Å². The van der Waals surface area contributed by atoms with Crippen LogP contribution in [-0.2, 0) is 4.74 Å². The SMILES string of the molecule is CCOC(=N)CC1c2ccccc2-c2cncn21. The molecule has 0 aliphatic carbocycles. The molecule has 1 aliphatic heterocycles. The maximum Gasteiger partial charge on any atom is 0.182 e. The van der Waals surface area contributed by atoms with Crippen LogP contribution in [0.4, 0.5) is 0 Å². The molecule has 18 heavy (non-hydrogen) atoms. The predicted octanol–water partition coefficient (Wildman–Crippen LogP) is 2.86. The molecule has 4 heteroatoms. The second kappa shape index (κ2) is 4.29. The Hall–Kier alpha value is -2.10. The number of imidazole rings is 1. The molecule has 2 aromatic rings. The summed E-state index contributed by atoms with van der Waals surface area (Å²) in [5.74, 6) is 0.332. The van der Waals surface area contributed by atoms with Gasteiger partial charge in [0.05, 0.1) is 30.9 Å². The Labute approximate surface area is 106 Å². The fourth-order valence-electron chi connectivity index (χ4n) is 2.55. The molecule has 0 radical (unpaired) electrons. The molecule has 3 rings (SSSR count). The summed E-state index contributed by atoms with van der Waals surface area (Å²) in [6.45, 7) is 2.45. The number of ether oxygens (including phenoxy) is 1. The fraction of sp³-hybridized carbons (Fsp3) is 0.286. The van der Waals surface area contributed by atoms with Crippen molar-refractivity contribution in [1.82, 2.24) is 9.55 Å². The summed E-state index contributed by atoms with van der Waals surface area (Å²) in [7, 11) is 0. The van der Waals surface area contributed by atoms with Crippen LogP contribution in [0.3, 0.4) is 0 Å². The number of hydrogen-bond acceptors (Lipinski definition) is 3. The van der Waals surface area contributed by atoms with Crippen molar-refractivity contribution in [1.29, 1.82) is 5.41 Å². The molecule has 4 nitrogen and oxygen atoms in total. The van der Waals surface area contributed by atoms with Crippen LogP contribution in [0, 0.1) is 5.41 Å². The number of aromatic nitrogens is 2. The zero-order chi connectivity index (χ0) is 12.5. The first-order valence-corrected chi connectivity index (χ1v) is 6.12. The molecule has 1 N–H and O–H groups in total. The topological polar surface area (TPSA) is 50.9 Å². The monoisotopic (exact) mass is 241 g/mol. The van der Waals surface area contributed by atoms with Crippen molar-refractivity contribution in [3.05, 3.63) is 42.4 Å². The second-order valence-corrected chi connectivity index (χ2v) is 4.35. The van der Waals surface area contributed by atoms with Gasteiger partial charge in [-0.15, -0.1) is 0 Å². The Balaban J connectivity index is 1.98. The largest absolute Gasteiger partial charge is 0.481 e. The number of nitrogens with zero attached hydrogens (tertiary/aromatic N) is 2. The van der Waals surface area contributed by atoms with Crippen LogP contribution in [-0.4, -0.2) is 22.1 Å². The number of fused-ring (bicyclic) bond motifs is 3. The van der Waals surface area contributed by atoms with Crippen LogP contribution in [0.5, 0.6) is 0 Å². The maximum atomic E-state index is 7.83. The molecule has 1 aromatic carbocycles. The van der Waals surface area contributed by atoms with Crippen molar-refractivity contribution in [3.63, 3.8) is 0 Å². The second-order valence-electron chi connectivity index (χ2n) is 4.35. The highest BCUT2D eigenvalue weighted by molar-refractivity contribution is 5.77. The van der Waals surface area contributed by atoms with Crippen LogP contribution in [0.25, 0.3) is 11.3 Å².